The molecule has 0 aromatic heterocycles. The Balaban J connectivity index is 2.19. The maximum absolute atomic E-state index is 13.9. The second kappa shape index (κ2) is 6.74. The van der Waals surface area contributed by atoms with E-state index in [0.717, 1.165) is 0 Å². The first-order chi connectivity index (χ1) is 9.52. The monoisotopic (exact) mass is 319 g/mol. The van der Waals surface area contributed by atoms with Crippen LogP contribution in [0.4, 0.5) is 4.39 Å². The zero-order valence-electron chi connectivity index (χ0n) is 10.9. The van der Waals surface area contributed by atoms with E-state index in [0.29, 0.717) is 24.8 Å². The number of carbonyl (C=O) groups is 1. The lowest BCUT2D eigenvalue weighted by atomic mass is 10.1. The molecule has 2 rings (SSSR count). The van der Waals surface area contributed by atoms with Crippen molar-refractivity contribution in [2.75, 3.05) is 5.88 Å². The molecule has 1 aliphatic carbocycles. The Morgan fingerprint density at radius 3 is 2.80 bits per heavy atom. The van der Waals surface area contributed by atoms with Gasteiger partial charge in [-0.2, -0.15) is 0 Å². The molecule has 0 heterocycles. The highest BCUT2D eigenvalue weighted by atomic mass is 35.5. The van der Waals surface area contributed by atoms with Gasteiger partial charge in [0.1, 0.15) is 11.7 Å². The summed E-state index contributed by atoms with van der Waals surface area (Å²) in [7, 11) is 0. The summed E-state index contributed by atoms with van der Waals surface area (Å²) in [4.78, 5) is 13.5. The summed E-state index contributed by atoms with van der Waals surface area (Å²) in [6, 6.07) is 4.61. The van der Waals surface area contributed by atoms with Crippen LogP contribution in [0.2, 0.25) is 5.02 Å². The van der Waals surface area contributed by atoms with Gasteiger partial charge in [0, 0.05) is 18.2 Å². The highest BCUT2D eigenvalue weighted by Gasteiger charge is 2.31. The molecule has 1 fully saturated rings. The molecule has 1 N–H and O–H groups in total. The molecule has 1 amide bonds. The summed E-state index contributed by atoms with van der Waals surface area (Å²) in [6.45, 7) is 0.120. The van der Waals surface area contributed by atoms with Gasteiger partial charge in [0.25, 0.3) is 0 Å². The Kier molecular flexibility index (Phi) is 5.24. The van der Waals surface area contributed by atoms with Gasteiger partial charge in [-0.3, -0.25) is 4.79 Å². The Morgan fingerprint density at radius 1 is 1.45 bits per heavy atom. The summed E-state index contributed by atoms with van der Waals surface area (Å²) in [5.41, 5.74) is 0.359. The molecule has 0 radical (unpaired) electrons. The van der Waals surface area contributed by atoms with Crippen LogP contribution in [0.25, 0.3) is 0 Å². The van der Waals surface area contributed by atoms with E-state index < -0.39 is 11.9 Å². The first-order valence-corrected chi connectivity index (χ1v) is 7.40. The number of halogens is 3. The van der Waals surface area contributed by atoms with Crippen LogP contribution in [0.1, 0.15) is 24.8 Å². The highest BCUT2D eigenvalue weighted by Crippen LogP contribution is 2.27. The van der Waals surface area contributed by atoms with E-state index in [1.165, 1.54) is 11.0 Å². The largest absolute Gasteiger partial charge is 0.393 e. The van der Waals surface area contributed by atoms with Crippen molar-refractivity contribution in [2.24, 2.45) is 0 Å². The average Bonchev–Trinajstić information content (AvgIpc) is 2.86. The molecular formula is C14H16Cl2FNO2. The van der Waals surface area contributed by atoms with Crippen LogP contribution in [-0.2, 0) is 11.3 Å². The number of hydrogen-bond acceptors (Lipinski definition) is 2. The van der Waals surface area contributed by atoms with Crippen molar-refractivity contribution in [3.63, 3.8) is 0 Å². The zero-order valence-corrected chi connectivity index (χ0v) is 12.4. The van der Waals surface area contributed by atoms with E-state index in [1.807, 2.05) is 0 Å². The van der Waals surface area contributed by atoms with Crippen molar-refractivity contribution >= 4 is 29.1 Å². The number of hydrogen-bond donors (Lipinski definition) is 1. The highest BCUT2D eigenvalue weighted by molar-refractivity contribution is 6.30. The van der Waals surface area contributed by atoms with Gasteiger partial charge in [-0.15, -0.1) is 11.6 Å². The number of amides is 1. The summed E-state index contributed by atoms with van der Waals surface area (Å²) in [5, 5.41) is 9.64. The molecule has 1 aromatic rings. The third kappa shape index (κ3) is 3.43. The van der Waals surface area contributed by atoms with E-state index in [9.17, 15) is 14.3 Å². The van der Waals surface area contributed by atoms with Gasteiger partial charge in [-0.05, 0) is 25.3 Å². The second-order valence-corrected chi connectivity index (χ2v) is 5.66. The Bertz CT molecular complexity index is 498. The van der Waals surface area contributed by atoms with Crippen LogP contribution in [0.5, 0.6) is 0 Å². The lowest BCUT2D eigenvalue weighted by Crippen LogP contribution is -2.39. The predicted molar refractivity (Wildman–Crippen MR) is 76.3 cm³/mol. The second-order valence-electron chi connectivity index (χ2n) is 4.99. The van der Waals surface area contributed by atoms with Gasteiger partial charge < -0.3 is 10.0 Å². The molecule has 1 aliphatic rings. The molecule has 3 nitrogen and oxygen atoms in total. The van der Waals surface area contributed by atoms with E-state index in [2.05, 4.69) is 0 Å². The van der Waals surface area contributed by atoms with Crippen LogP contribution in [-0.4, -0.2) is 33.9 Å². The smallest absolute Gasteiger partial charge is 0.238 e. The summed E-state index contributed by atoms with van der Waals surface area (Å²) < 4.78 is 13.9. The molecule has 20 heavy (non-hydrogen) atoms. The van der Waals surface area contributed by atoms with Gasteiger partial charge in [-0.1, -0.05) is 23.7 Å². The number of benzene rings is 1. The minimum atomic E-state index is -0.514. The van der Waals surface area contributed by atoms with E-state index in [1.54, 1.807) is 12.1 Å². The van der Waals surface area contributed by atoms with Crippen LogP contribution in [0.15, 0.2) is 18.2 Å². The molecule has 0 unspecified atom stereocenters. The normalized spacial score (nSPS) is 22.0. The van der Waals surface area contributed by atoms with Crippen LogP contribution >= 0.6 is 23.2 Å². The maximum Gasteiger partial charge on any atom is 0.238 e. The van der Waals surface area contributed by atoms with Crippen molar-refractivity contribution in [3.05, 3.63) is 34.6 Å². The lowest BCUT2D eigenvalue weighted by molar-refractivity contribution is -0.131. The van der Waals surface area contributed by atoms with E-state index in [-0.39, 0.29) is 29.4 Å². The quantitative estimate of drug-likeness (QED) is 0.867. The van der Waals surface area contributed by atoms with Gasteiger partial charge >= 0.3 is 0 Å². The number of nitrogens with zero attached hydrogens (tertiary/aromatic N) is 1. The van der Waals surface area contributed by atoms with Crippen LogP contribution < -0.4 is 0 Å². The third-order valence-corrected chi connectivity index (χ3v) is 4.15. The maximum atomic E-state index is 13.9. The summed E-state index contributed by atoms with van der Waals surface area (Å²) in [6.07, 6.45) is 1.45. The molecule has 1 saturated carbocycles. The standard InChI is InChI=1S/C14H16Cl2FNO2/c15-7-13(20)18(10-4-5-11(19)6-10)8-9-2-1-3-12(16)14(9)17/h1-3,10-11,19H,4-8H2/t10-,11+/m0/s1. The van der Waals surface area contributed by atoms with Gasteiger partial charge in [0.05, 0.1) is 11.1 Å². The molecule has 110 valence electrons. The van der Waals surface area contributed by atoms with Crippen molar-refractivity contribution < 1.29 is 14.3 Å². The number of rotatable bonds is 4. The molecule has 0 aliphatic heterocycles. The number of alkyl halides is 1. The predicted octanol–water partition coefficient (Wildman–Crippen LogP) is 2.96. The lowest BCUT2D eigenvalue weighted by Gasteiger charge is -2.28. The first kappa shape index (κ1) is 15.5. The fourth-order valence-electron chi connectivity index (χ4n) is 2.57. The van der Waals surface area contributed by atoms with Crippen molar-refractivity contribution in [1.82, 2.24) is 4.90 Å². The van der Waals surface area contributed by atoms with Gasteiger partial charge in [0.15, 0.2) is 0 Å². The van der Waals surface area contributed by atoms with Gasteiger partial charge in [-0.25, -0.2) is 4.39 Å². The Morgan fingerprint density at radius 2 is 2.20 bits per heavy atom. The number of aliphatic hydroxyl groups excluding tert-OH is 1. The fourth-order valence-corrected chi connectivity index (χ4v) is 2.92. The Hall–Kier alpha value is -0.840. The van der Waals surface area contributed by atoms with E-state index >= 15 is 0 Å². The van der Waals surface area contributed by atoms with Crippen molar-refractivity contribution in [3.8, 4) is 0 Å². The molecule has 1 aromatic carbocycles. The van der Waals surface area contributed by atoms with Crippen LogP contribution in [0.3, 0.4) is 0 Å². The number of aliphatic hydroxyl groups is 1. The number of carbonyl (C=O) groups excluding carboxylic acids is 1. The summed E-state index contributed by atoms with van der Waals surface area (Å²) in [5.74, 6) is -0.931. The third-order valence-electron chi connectivity index (χ3n) is 3.62. The minimum Gasteiger partial charge on any atom is -0.393 e. The van der Waals surface area contributed by atoms with Crippen molar-refractivity contribution in [1.29, 1.82) is 0 Å². The average molecular weight is 320 g/mol. The molecule has 6 heteroatoms. The SMILES string of the molecule is O=C(CCl)N(Cc1cccc(Cl)c1F)[C@H]1CC[C@@H](O)C1. The fraction of sp³-hybridized carbons (Fsp3) is 0.500. The molecule has 0 bridgehead atoms. The van der Waals surface area contributed by atoms with Crippen LogP contribution in [0, 0.1) is 5.82 Å². The molecule has 0 spiro atoms. The molecule has 2 atom stereocenters. The first-order valence-electron chi connectivity index (χ1n) is 6.49. The van der Waals surface area contributed by atoms with Gasteiger partial charge in [0.2, 0.25) is 5.91 Å². The zero-order chi connectivity index (χ0) is 14.7. The minimum absolute atomic E-state index is 0.0345. The topological polar surface area (TPSA) is 40.5 Å². The van der Waals surface area contributed by atoms with Crippen molar-refractivity contribution in [2.45, 2.75) is 38.0 Å². The molecular weight excluding hydrogens is 304 g/mol. The molecule has 0 saturated heterocycles. The van der Waals surface area contributed by atoms with E-state index in [4.69, 9.17) is 23.2 Å². The Labute approximate surface area is 127 Å². The summed E-state index contributed by atoms with van der Waals surface area (Å²) >= 11 is 11.4.